The molecule has 0 aromatic heterocycles. The molecule has 0 fully saturated rings. The van der Waals surface area contributed by atoms with Crippen molar-refractivity contribution in [3.63, 3.8) is 0 Å². The molecular formula is C16H28N2O2. The average molecular weight is 280 g/mol. The van der Waals surface area contributed by atoms with Crippen LogP contribution in [0.1, 0.15) is 20.8 Å². The largest absolute Gasteiger partial charge is 0.487 e. The second-order valence-electron chi connectivity index (χ2n) is 6.22. The molecule has 0 amide bonds. The Kier molecular flexibility index (Phi) is 6.30. The van der Waals surface area contributed by atoms with E-state index < -0.39 is 0 Å². The molecule has 0 saturated carbocycles. The Balaban J connectivity index is 2.67. The van der Waals surface area contributed by atoms with Gasteiger partial charge in [0.25, 0.3) is 0 Å². The number of methoxy groups -OCH3 is 1. The van der Waals surface area contributed by atoms with Gasteiger partial charge in [-0.15, -0.1) is 0 Å². The van der Waals surface area contributed by atoms with E-state index in [1.165, 1.54) is 0 Å². The topological polar surface area (TPSA) is 33.7 Å². The number of rotatable bonds is 7. The normalized spacial score (nSPS) is 13.1. The van der Waals surface area contributed by atoms with Crippen LogP contribution in [0.25, 0.3) is 0 Å². The minimum Gasteiger partial charge on any atom is -0.487 e. The summed E-state index contributed by atoms with van der Waals surface area (Å²) in [6, 6.07) is 8.09. The molecule has 1 unspecified atom stereocenters. The van der Waals surface area contributed by atoms with Gasteiger partial charge in [0.1, 0.15) is 11.9 Å². The number of hydrogen-bond acceptors (Lipinski definition) is 4. The van der Waals surface area contributed by atoms with Crippen molar-refractivity contribution in [3.05, 3.63) is 24.3 Å². The third-order valence-electron chi connectivity index (χ3n) is 2.85. The van der Waals surface area contributed by atoms with Gasteiger partial charge in [-0.05, 0) is 32.9 Å². The Morgan fingerprint density at radius 1 is 1.25 bits per heavy atom. The van der Waals surface area contributed by atoms with E-state index in [0.717, 1.165) is 18.0 Å². The molecule has 0 radical (unpaired) electrons. The van der Waals surface area contributed by atoms with Crippen molar-refractivity contribution in [2.24, 2.45) is 0 Å². The Labute approximate surface area is 123 Å². The van der Waals surface area contributed by atoms with Gasteiger partial charge in [0.2, 0.25) is 0 Å². The fourth-order valence-electron chi connectivity index (χ4n) is 1.77. The average Bonchev–Trinajstić information content (AvgIpc) is 2.35. The first-order valence-corrected chi connectivity index (χ1v) is 7.00. The van der Waals surface area contributed by atoms with Crippen molar-refractivity contribution in [1.29, 1.82) is 0 Å². The van der Waals surface area contributed by atoms with Crippen LogP contribution >= 0.6 is 0 Å². The molecule has 0 spiro atoms. The summed E-state index contributed by atoms with van der Waals surface area (Å²) in [5.41, 5.74) is 1.20. The number of ether oxygens (including phenoxy) is 2. The van der Waals surface area contributed by atoms with Crippen LogP contribution in [0.4, 0.5) is 5.69 Å². The highest BCUT2D eigenvalue weighted by Gasteiger charge is 2.15. The van der Waals surface area contributed by atoms with Crippen molar-refractivity contribution >= 4 is 5.69 Å². The first-order valence-electron chi connectivity index (χ1n) is 7.00. The lowest BCUT2D eigenvalue weighted by atomic mass is 10.1. The molecular weight excluding hydrogens is 252 g/mol. The lowest BCUT2D eigenvalue weighted by Gasteiger charge is -2.26. The van der Waals surface area contributed by atoms with E-state index in [2.05, 4.69) is 37.1 Å². The van der Waals surface area contributed by atoms with Gasteiger partial charge in [0.05, 0.1) is 6.61 Å². The van der Waals surface area contributed by atoms with Crippen LogP contribution in [-0.2, 0) is 4.74 Å². The molecule has 4 heteroatoms. The monoisotopic (exact) mass is 280 g/mol. The van der Waals surface area contributed by atoms with Gasteiger partial charge in [-0.3, -0.25) is 0 Å². The zero-order valence-electron chi connectivity index (χ0n) is 13.6. The molecule has 0 aliphatic heterocycles. The predicted molar refractivity (Wildman–Crippen MR) is 84.8 cm³/mol. The Hall–Kier alpha value is -1.26. The van der Waals surface area contributed by atoms with E-state index in [4.69, 9.17) is 9.47 Å². The number of benzene rings is 1. The van der Waals surface area contributed by atoms with Crippen LogP contribution in [0.3, 0.4) is 0 Å². The summed E-state index contributed by atoms with van der Waals surface area (Å²) in [6.07, 6.45) is -0.00311. The Morgan fingerprint density at radius 3 is 2.50 bits per heavy atom. The molecule has 4 nitrogen and oxygen atoms in total. The van der Waals surface area contributed by atoms with E-state index in [-0.39, 0.29) is 11.6 Å². The van der Waals surface area contributed by atoms with Crippen molar-refractivity contribution in [1.82, 2.24) is 5.32 Å². The van der Waals surface area contributed by atoms with E-state index in [1.807, 2.05) is 32.3 Å². The second-order valence-corrected chi connectivity index (χ2v) is 6.22. The molecule has 0 aliphatic carbocycles. The molecule has 20 heavy (non-hydrogen) atoms. The zero-order valence-corrected chi connectivity index (χ0v) is 13.6. The van der Waals surface area contributed by atoms with E-state index in [0.29, 0.717) is 6.61 Å². The van der Waals surface area contributed by atoms with Gasteiger partial charge in [-0.25, -0.2) is 0 Å². The molecule has 0 aliphatic rings. The summed E-state index contributed by atoms with van der Waals surface area (Å²) in [5.74, 6) is 0.869. The van der Waals surface area contributed by atoms with Crippen molar-refractivity contribution in [2.45, 2.75) is 32.4 Å². The van der Waals surface area contributed by atoms with Gasteiger partial charge in [0, 0.05) is 45.0 Å². The lowest BCUT2D eigenvalue weighted by molar-refractivity contribution is 0.0765. The quantitative estimate of drug-likeness (QED) is 0.832. The summed E-state index contributed by atoms with van der Waals surface area (Å²) in [5, 5.41) is 3.45. The summed E-state index contributed by atoms with van der Waals surface area (Å²) < 4.78 is 11.3. The maximum absolute atomic E-state index is 6.03. The SMILES string of the molecule is COCC(CNC(C)(C)C)Oc1cccc(N(C)C)c1. The van der Waals surface area contributed by atoms with Crippen LogP contribution < -0.4 is 15.0 Å². The van der Waals surface area contributed by atoms with Gasteiger partial charge in [-0.2, -0.15) is 0 Å². The van der Waals surface area contributed by atoms with Crippen molar-refractivity contribution in [3.8, 4) is 5.75 Å². The minimum absolute atomic E-state index is 0.00311. The number of hydrogen-bond donors (Lipinski definition) is 1. The predicted octanol–water partition coefficient (Wildman–Crippen LogP) is 2.53. The van der Waals surface area contributed by atoms with Crippen molar-refractivity contribution in [2.75, 3.05) is 39.3 Å². The maximum Gasteiger partial charge on any atom is 0.134 e. The molecule has 0 heterocycles. The standard InChI is InChI=1S/C16H28N2O2/c1-16(2,3)17-11-15(12-19-6)20-14-9-7-8-13(10-14)18(4)5/h7-10,15,17H,11-12H2,1-6H3. The fraction of sp³-hybridized carbons (Fsp3) is 0.625. The van der Waals surface area contributed by atoms with E-state index in [1.54, 1.807) is 7.11 Å². The number of nitrogens with one attached hydrogen (secondary N) is 1. The van der Waals surface area contributed by atoms with E-state index >= 15 is 0 Å². The Bertz CT molecular complexity index is 400. The van der Waals surface area contributed by atoms with Crippen molar-refractivity contribution < 1.29 is 9.47 Å². The fourth-order valence-corrected chi connectivity index (χ4v) is 1.77. The van der Waals surface area contributed by atoms with Gasteiger partial charge in [0.15, 0.2) is 0 Å². The molecule has 1 N–H and O–H groups in total. The lowest BCUT2D eigenvalue weighted by Crippen LogP contribution is -2.44. The van der Waals surface area contributed by atoms with Crippen LogP contribution in [0, 0.1) is 0 Å². The van der Waals surface area contributed by atoms with Crippen LogP contribution in [-0.4, -0.2) is 46.0 Å². The van der Waals surface area contributed by atoms with E-state index in [9.17, 15) is 0 Å². The summed E-state index contributed by atoms with van der Waals surface area (Å²) in [6.45, 7) is 7.75. The number of anilines is 1. The molecule has 1 rings (SSSR count). The summed E-state index contributed by atoms with van der Waals surface area (Å²) in [4.78, 5) is 2.06. The first-order chi connectivity index (χ1) is 9.31. The third-order valence-corrected chi connectivity index (χ3v) is 2.85. The maximum atomic E-state index is 6.03. The van der Waals surface area contributed by atoms with Crippen LogP contribution in [0.5, 0.6) is 5.75 Å². The van der Waals surface area contributed by atoms with Crippen LogP contribution in [0.2, 0.25) is 0 Å². The highest BCUT2D eigenvalue weighted by molar-refractivity contribution is 5.49. The molecule has 1 aromatic rings. The highest BCUT2D eigenvalue weighted by Crippen LogP contribution is 2.20. The van der Waals surface area contributed by atoms with Gasteiger partial charge >= 0.3 is 0 Å². The van der Waals surface area contributed by atoms with Gasteiger partial charge < -0.3 is 19.7 Å². The molecule has 0 saturated heterocycles. The summed E-state index contributed by atoms with van der Waals surface area (Å²) in [7, 11) is 5.74. The summed E-state index contributed by atoms with van der Waals surface area (Å²) >= 11 is 0. The van der Waals surface area contributed by atoms with Crippen LogP contribution in [0.15, 0.2) is 24.3 Å². The molecule has 1 aromatic carbocycles. The highest BCUT2D eigenvalue weighted by atomic mass is 16.5. The number of nitrogens with zero attached hydrogens (tertiary/aromatic N) is 1. The second kappa shape index (κ2) is 7.50. The molecule has 1 atom stereocenters. The molecule has 114 valence electrons. The smallest absolute Gasteiger partial charge is 0.134 e. The van der Waals surface area contributed by atoms with Gasteiger partial charge in [-0.1, -0.05) is 6.07 Å². The minimum atomic E-state index is -0.00311. The molecule has 0 bridgehead atoms. The zero-order chi connectivity index (χ0) is 15.2. The Morgan fingerprint density at radius 2 is 1.95 bits per heavy atom. The first kappa shape index (κ1) is 16.8. The third kappa shape index (κ3) is 6.26.